The minimum Gasteiger partial charge on any atom is -0.423 e. The van der Waals surface area contributed by atoms with E-state index in [1.807, 2.05) is 0 Å². The van der Waals surface area contributed by atoms with Gasteiger partial charge in [-0.2, -0.15) is 0 Å². The van der Waals surface area contributed by atoms with E-state index in [1.165, 1.54) is 6.07 Å². The van der Waals surface area contributed by atoms with Gasteiger partial charge in [0.25, 0.3) is 0 Å². The fourth-order valence-corrected chi connectivity index (χ4v) is 1.11. The van der Waals surface area contributed by atoms with Crippen LogP contribution in [0.1, 0.15) is 5.56 Å². The van der Waals surface area contributed by atoms with Gasteiger partial charge < -0.3 is 10.0 Å². The molecule has 0 bridgehead atoms. The van der Waals surface area contributed by atoms with Crippen molar-refractivity contribution in [2.24, 2.45) is 0 Å². The van der Waals surface area contributed by atoms with Crippen LogP contribution in [-0.2, 0) is 0 Å². The Hall–Kier alpha value is -0.575. The second-order valence-electron chi connectivity index (χ2n) is 2.50. The number of aryl methyl sites for hydroxylation is 1. The average Bonchev–Trinajstić information content (AvgIpc) is 1.96. The second-order valence-corrected chi connectivity index (χ2v) is 2.90. The smallest absolute Gasteiger partial charge is 0.423 e. The van der Waals surface area contributed by atoms with Crippen LogP contribution in [-0.4, -0.2) is 17.2 Å². The Balaban J connectivity index is 3.23. The van der Waals surface area contributed by atoms with E-state index < -0.39 is 12.9 Å². The molecule has 0 atom stereocenters. The summed E-state index contributed by atoms with van der Waals surface area (Å²) >= 11 is 5.43. The number of hydrogen-bond acceptors (Lipinski definition) is 2. The molecule has 0 fully saturated rings. The van der Waals surface area contributed by atoms with E-state index in [0.717, 1.165) is 6.07 Å². The molecule has 64 valence electrons. The fraction of sp³-hybridized carbons (Fsp3) is 0.143. The zero-order valence-electron chi connectivity index (χ0n) is 6.38. The van der Waals surface area contributed by atoms with E-state index in [2.05, 4.69) is 0 Å². The van der Waals surface area contributed by atoms with Crippen LogP contribution in [0.2, 0.25) is 5.02 Å². The zero-order chi connectivity index (χ0) is 9.30. The molecule has 2 N–H and O–H groups in total. The minimum absolute atomic E-state index is 0.108. The monoisotopic (exact) mass is 188 g/mol. The van der Waals surface area contributed by atoms with E-state index in [0.29, 0.717) is 5.56 Å². The standard InChI is InChI=1S/C7H7BClFO2/c1-4-2-7(10)6(9)3-5(4)8(11)12/h2-3,11-12H,1H3. The van der Waals surface area contributed by atoms with Crippen molar-refractivity contribution in [3.05, 3.63) is 28.5 Å². The topological polar surface area (TPSA) is 40.5 Å². The van der Waals surface area contributed by atoms with Crippen LogP contribution in [0.4, 0.5) is 4.39 Å². The van der Waals surface area contributed by atoms with Crippen LogP contribution in [0.3, 0.4) is 0 Å². The highest BCUT2D eigenvalue weighted by atomic mass is 35.5. The summed E-state index contributed by atoms with van der Waals surface area (Å²) in [4.78, 5) is 0. The molecule has 2 nitrogen and oxygen atoms in total. The van der Waals surface area contributed by atoms with Crippen molar-refractivity contribution in [1.29, 1.82) is 0 Å². The molecule has 0 saturated heterocycles. The number of halogens is 2. The molecule has 0 aliphatic rings. The lowest BCUT2D eigenvalue weighted by Crippen LogP contribution is -2.32. The van der Waals surface area contributed by atoms with Gasteiger partial charge in [0.05, 0.1) is 5.02 Å². The van der Waals surface area contributed by atoms with Gasteiger partial charge in [-0.25, -0.2) is 4.39 Å². The van der Waals surface area contributed by atoms with Gasteiger partial charge in [0.1, 0.15) is 5.82 Å². The van der Waals surface area contributed by atoms with E-state index in [-0.39, 0.29) is 10.5 Å². The zero-order valence-corrected chi connectivity index (χ0v) is 7.14. The van der Waals surface area contributed by atoms with Gasteiger partial charge >= 0.3 is 7.12 Å². The molecule has 0 aliphatic carbocycles. The van der Waals surface area contributed by atoms with E-state index >= 15 is 0 Å². The molecule has 0 saturated carbocycles. The highest BCUT2D eigenvalue weighted by Crippen LogP contribution is 2.13. The Morgan fingerprint density at radius 3 is 2.50 bits per heavy atom. The third-order valence-corrected chi connectivity index (χ3v) is 1.88. The molecule has 0 heterocycles. The Kier molecular flexibility index (Phi) is 2.72. The predicted octanol–water partition coefficient (Wildman–Crippen LogP) is 0.467. The van der Waals surface area contributed by atoms with Crippen molar-refractivity contribution >= 4 is 24.2 Å². The van der Waals surface area contributed by atoms with Crippen molar-refractivity contribution in [3.63, 3.8) is 0 Å². The highest BCUT2D eigenvalue weighted by molar-refractivity contribution is 6.59. The molecule has 5 heteroatoms. The first kappa shape index (κ1) is 9.51. The molecule has 12 heavy (non-hydrogen) atoms. The van der Waals surface area contributed by atoms with Gasteiger partial charge in [0, 0.05) is 0 Å². The lowest BCUT2D eigenvalue weighted by molar-refractivity contribution is 0.425. The normalized spacial score (nSPS) is 10.1. The summed E-state index contributed by atoms with van der Waals surface area (Å²) in [5, 5.41) is 17.5. The highest BCUT2D eigenvalue weighted by Gasteiger charge is 2.15. The molecule has 0 amide bonds. The van der Waals surface area contributed by atoms with Crippen LogP contribution < -0.4 is 5.46 Å². The SMILES string of the molecule is Cc1cc(F)c(Cl)cc1B(O)O. The maximum absolute atomic E-state index is 12.7. The number of hydrogen-bond donors (Lipinski definition) is 2. The fourth-order valence-electron chi connectivity index (χ4n) is 0.940. The van der Waals surface area contributed by atoms with Crippen LogP contribution in [0, 0.1) is 12.7 Å². The van der Waals surface area contributed by atoms with E-state index in [1.54, 1.807) is 6.92 Å². The summed E-state index contributed by atoms with van der Waals surface area (Å²) < 4.78 is 12.7. The minimum atomic E-state index is -1.61. The van der Waals surface area contributed by atoms with Crippen molar-refractivity contribution in [2.45, 2.75) is 6.92 Å². The third kappa shape index (κ3) is 1.77. The van der Waals surface area contributed by atoms with Crippen molar-refractivity contribution in [2.75, 3.05) is 0 Å². The molecule has 0 aromatic heterocycles. The molecule has 1 rings (SSSR count). The summed E-state index contributed by atoms with van der Waals surface area (Å²) in [6.45, 7) is 1.58. The molecule has 0 aliphatic heterocycles. The van der Waals surface area contributed by atoms with Crippen LogP contribution >= 0.6 is 11.6 Å². The van der Waals surface area contributed by atoms with Crippen LogP contribution in [0.25, 0.3) is 0 Å². The first-order valence-corrected chi connectivity index (χ1v) is 3.72. The van der Waals surface area contributed by atoms with Crippen LogP contribution in [0.5, 0.6) is 0 Å². The summed E-state index contributed by atoms with van der Waals surface area (Å²) in [6.07, 6.45) is 0. The summed E-state index contributed by atoms with van der Waals surface area (Å²) in [7, 11) is -1.61. The van der Waals surface area contributed by atoms with Gasteiger partial charge in [0.2, 0.25) is 0 Å². The molecular formula is C7H7BClFO2. The molecule has 0 unspecified atom stereocenters. The average molecular weight is 188 g/mol. The van der Waals surface area contributed by atoms with Gasteiger partial charge in [-0.15, -0.1) is 0 Å². The quantitative estimate of drug-likeness (QED) is 0.629. The summed E-state index contributed by atoms with van der Waals surface area (Å²) in [6, 6.07) is 2.37. The third-order valence-electron chi connectivity index (χ3n) is 1.59. The summed E-state index contributed by atoms with van der Waals surface area (Å²) in [5.74, 6) is -0.557. The van der Waals surface area contributed by atoms with Gasteiger partial charge in [-0.3, -0.25) is 0 Å². The van der Waals surface area contributed by atoms with E-state index in [9.17, 15) is 4.39 Å². The molecule has 1 aromatic carbocycles. The summed E-state index contributed by atoms with van der Waals surface area (Å²) in [5.41, 5.74) is 0.688. The Morgan fingerprint density at radius 1 is 1.42 bits per heavy atom. The van der Waals surface area contributed by atoms with Gasteiger partial charge in [0.15, 0.2) is 0 Å². The Bertz CT molecular complexity index is 304. The molecular weight excluding hydrogens is 181 g/mol. The molecule has 1 aromatic rings. The molecule has 0 spiro atoms. The maximum Gasteiger partial charge on any atom is 0.488 e. The van der Waals surface area contributed by atoms with Gasteiger partial charge in [-0.05, 0) is 30.1 Å². The largest absolute Gasteiger partial charge is 0.488 e. The second kappa shape index (κ2) is 3.43. The van der Waals surface area contributed by atoms with Crippen LogP contribution in [0.15, 0.2) is 12.1 Å². The number of rotatable bonds is 1. The van der Waals surface area contributed by atoms with Crippen molar-refractivity contribution in [1.82, 2.24) is 0 Å². The first-order chi connectivity index (χ1) is 5.52. The van der Waals surface area contributed by atoms with Gasteiger partial charge in [-0.1, -0.05) is 11.6 Å². The Labute approximate surface area is 74.7 Å². The van der Waals surface area contributed by atoms with Crippen molar-refractivity contribution < 1.29 is 14.4 Å². The molecule has 0 radical (unpaired) electrons. The lowest BCUT2D eigenvalue weighted by atomic mass is 9.77. The number of benzene rings is 1. The Morgan fingerprint density at radius 2 is 2.00 bits per heavy atom. The maximum atomic E-state index is 12.7. The lowest BCUT2D eigenvalue weighted by Gasteiger charge is -2.05. The first-order valence-electron chi connectivity index (χ1n) is 3.34. The van der Waals surface area contributed by atoms with Crippen molar-refractivity contribution in [3.8, 4) is 0 Å². The van der Waals surface area contributed by atoms with E-state index in [4.69, 9.17) is 21.6 Å². The predicted molar refractivity (Wildman–Crippen MR) is 46.0 cm³/mol.